The van der Waals surface area contributed by atoms with Gasteiger partial charge in [-0.3, -0.25) is 15.6 Å². The van der Waals surface area contributed by atoms with Gasteiger partial charge >= 0.3 is 0 Å². The van der Waals surface area contributed by atoms with Gasteiger partial charge in [-0.05, 0) is 24.3 Å². The molecule has 0 saturated heterocycles. The summed E-state index contributed by atoms with van der Waals surface area (Å²) in [6, 6.07) is 9.20. The summed E-state index contributed by atoms with van der Waals surface area (Å²) in [5.41, 5.74) is 6.04. The number of nitriles is 1. The average Bonchev–Trinajstić information content (AvgIpc) is 2.52. The standard InChI is InChI=1S/C14H11FN4O2/c1-21-14-12(15)6-11(8-17-14)18-19-13(20)10-4-2-9(7-16)3-5-10/h2-6,8,18H,1H3,(H,19,20). The molecular weight excluding hydrogens is 275 g/mol. The number of methoxy groups -OCH3 is 1. The molecule has 0 saturated carbocycles. The van der Waals surface area contributed by atoms with Crippen LogP contribution in [0.15, 0.2) is 36.5 Å². The van der Waals surface area contributed by atoms with Crippen LogP contribution in [-0.4, -0.2) is 18.0 Å². The highest BCUT2D eigenvalue weighted by Crippen LogP contribution is 2.16. The minimum Gasteiger partial charge on any atom is -0.479 e. The van der Waals surface area contributed by atoms with Gasteiger partial charge in [0, 0.05) is 11.6 Å². The first-order chi connectivity index (χ1) is 10.1. The summed E-state index contributed by atoms with van der Waals surface area (Å²) in [6.07, 6.45) is 1.32. The number of hydrogen-bond donors (Lipinski definition) is 2. The molecule has 106 valence electrons. The lowest BCUT2D eigenvalue weighted by Gasteiger charge is -2.09. The van der Waals surface area contributed by atoms with Gasteiger partial charge in [0.25, 0.3) is 5.91 Å². The predicted molar refractivity (Wildman–Crippen MR) is 73.0 cm³/mol. The fourth-order valence-corrected chi connectivity index (χ4v) is 1.54. The van der Waals surface area contributed by atoms with Crippen molar-refractivity contribution in [2.75, 3.05) is 12.5 Å². The first-order valence-corrected chi connectivity index (χ1v) is 5.90. The molecule has 0 radical (unpaired) electrons. The van der Waals surface area contributed by atoms with Gasteiger partial charge < -0.3 is 4.74 Å². The molecule has 6 nitrogen and oxygen atoms in total. The molecule has 2 rings (SSSR count). The maximum Gasteiger partial charge on any atom is 0.269 e. The number of hydrazine groups is 1. The zero-order chi connectivity index (χ0) is 15.2. The molecular formula is C14H11FN4O2. The molecule has 0 aliphatic heterocycles. The molecule has 0 aliphatic carbocycles. The molecule has 1 amide bonds. The van der Waals surface area contributed by atoms with E-state index < -0.39 is 11.7 Å². The van der Waals surface area contributed by atoms with Crippen molar-refractivity contribution in [1.82, 2.24) is 10.4 Å². The normalized spacial score (nSPS) is 9.57. The van der Waals surface area contributed by atoms with E-state index in [-0.39, 0.29) is 11.6 Å². The van der Waals surface area contributed by atoms with E-state index >= 15 is 0 Å². The number of halogens is 1. The summed E-state index contributed by atoms with van der Waals surface area (Å²) in [5, 5.41) is 8.67. The van der Waals surface area contributed by atoms with Crippen molar-refractivity contribution >= 4 is 11.6 Å². The van der Waals surface area contributed by atoms with Gasteiger partial charge in [-0.15, -0.1) is 0 Å². The van der Waals surface area contributed by atoms with Gasteiger partial charge in [0.1, 0.15) is 0 Å². The second kappa shape index (κ2) is 6.34. The smallest absolute Gasteiger partial charge is 0.269 e. The lowest BCUT2D eigenvalue weighted by atomic mass is 10.1. The predicted octanol–water partition coefficient (Wildman–Crippen LogP) is 1.86. The van der Waals surface area contributed by atoms with Crippen LogP contribution < -0.4 is 15.6 Å². The Morgan fingerprint density at radius 3 is 2.67 bits per heavy atom. The number of ether oxygens (including phenoxy) is 1. The second-order valence-electron chi connectivity index (χ2n) is 3.98. The lowest BCUT2D eigenvalue weighted by Crippen LogP contribution is -2.29. The van der Waals surface area contributed by atoms with E-state index in [4.69, 9.17) is 5.26 Å². The van der Waals surface area contributed by atoms with E-state index in [1.807, 2.05) is 6.07 Å². The van der Waals surface area contributed by atoms with E-state index in [1.165, 1.54) is 37.6 Å². The highest BCUT2D eigenvalue weighted by Gasteiger charge is 2.07. The first kappa shape index (κ1) is 14.3. The van der Waals surface area contributed by atoms with E-state index in [9.17, 15) is 9.18 Å². The van der Waals surface area contributed by atoms with Crippen molar-refractivity contribution in [3.05, 3.63) is 53.5 Å². The van der Waals surface area contributed by atoms with Gasteiger partial charge in [0.05, 0.1) is 30.6 Å². The van der Waals surface area contributed by atoms with Crippen molar-refractivity contribution in [3.8, 4) is 11.9 Å². The molecule has 0 unspecified atom stereocenters. The van der Waals surface area contributed by atoms with Crippen LogP contribution >= 0.6 is 0 Å². The number of carbonyl (C=O) groups is 1. The minimum atomic E-state index is -0.643. The van der Waals surface area contributed by atoms with Crippen LogP contribution in [0.25, 0.3) is 0 Å². The topological polar surface area (TPSA) is 87.0 Å². The maximum absolute atomic E-state index is 13.4. The minimum absolute atomic E-state index is 0.126. The number of nitrogens with zero attached hydrogens (tertiary/aromatic N) is 2. The summed E-state index contributed by atoms with van der Waals surface area (Å²) < 4.78 is 18.1. The molecule has 7 heteroatoms. The monoisotopic (exact) mass is 286 g/mol. The molecule has 0 aliphatic rings. The molecule has 0 fully saturated rings. The number of amides is 1. The first-order valence-electron chi connectivity index (χ1n) is 5.90. The number of hydrogen-bond acceptors (Lipinski definition) is 5. The number of nitrogens with one attached hydrogen (secondary N) is 2. The zero-order valence-corrected chi connectivity index (χ0v) is 11.1. The molecule has 0 spiro atoms. The van der Waals surface area contributed by atoms with Crippen LogP contribution in [0.2, 0.25) is 0 Å². The van der Waals surface area contributed by atoms with Crippen molar-refractivity contribution in [2.45, 2.75) is 0 Å². The molecule has 0 atom stereocenters. The Morgan fingerprint density at radius 1 is 1.38 bits per heavy atom. The van der Waals surface area contributed by atoms with Crippen molar-refractivity contribution in [2.24, 2.45) is 0 Å². The van der Waals surface area contributed by atoms with E-state index in [2.05, 4.69) is 20.6 Å². The number of pyridine rings is 1. The Hall–Kier alpha value is -3.14. The lowest BCUT2D eigenvalue weighted by molar-refractivity contribution is 0.0962. The third-order valence-electron chi connectivity index (χ3n) is 2.60. The third kappa shape index (κ3) is 3.45. The summed E-state index contributed by atoms with van der Waals surface area (Å²) in [6.45, 7) is 0. The summed E-state index contributed by atoms with van der Waals surface area (Å²) >= 11 is 0. The molecule has 21 heavy (non-hydrogen) atoms. The Labute approximate surface area is 120 Å². The second-order valence-corrected chi connectivity index (χ2v) is 3.98. The van der Waals surface area contributed by atoms with E-state index in [0.29, 0.717) is 11.1 Å². The molecule has 2 N–H and O–H groups in total. The zero-order valence-electron chi connectivity index (χ0n) is 11.1. The molecule has 1 aromatic heterocycles. The average molecular weight is 286 g/mol. The summed E-state index contributed by atoms with van der Waals surface area (Å²) in [7, 11) is 1.31. The van der Waals surface area contributed by atoms with Gasteiger partial charge in [0.2, 0.25) is 5.88 Å². The van der Waals surface area contributed by atoms with Gasteiger partial charge in [-0.25, -0.2) is 9.37 Å². The van der Waals surface area contributed by atoms with Gasteiger partial charge in [0.15, 0.2) is 5.82 Å². The number of anilines is 1. The van der Waals surface area contributed by atoms with Gasteiger partial charge in [-0.1, -0.05) is 0 Å². The van der Waals surface area contributed by atoms with Crippen LogP contribution in [0.4, 0.5) is 10.1 Å². The fourth-order valence-electron chi connectivity index (χ4n) is 1.54. The van der Waals surface area contributed by atoms with Crippen LogP contribution in [-0.2, 0) is 0 Å². The number of rotatable bonds is 4. The largest absolute Gasteiger partial charge is 0.479 e. The Kier molecular flexibility index (Phi) is 4.31. The van der Waals surface area contributed by atoms with Crippen LogP contribution in [0.3, 0.4) is 0 Å². The number of aromatic nitrogens is 1. The van der Waals surface area contributed by atoms with Crippen LogP contribution in [0, 0.1) is 17.1 Å². The number of benzene rings is 1. The maximum atomic E-state index is 13.4. The highest BCUT2D eigenvalue weighted by molar-refractivity contribution is 5.94. The fraction of sp³-hybridized carbons (Fsp3) is 0.0714. The SMILES string of the molecule is COc1ncc(NNC(=O)c2ccc(C#N)cc2)cc1F. The Morgan fingerprint density at radius 2 is 2.10 bits per heavy atom. The quantitative estimate of drug-likeness (QED) is 0.838. The molecule has 2 aromatic rings. The van der Waals surface area contributed by atoms with Crippen molar-refractivity contribution in [1.29, 1.82) is 5.26 Å². The van der Waals surface area contributed by atoms with Crippen LogP contribution in [0.5, 0.6) is 5.88 Å². The third-order valence-corrected chi connectivity index (χ3v) is 2.60. The van der Waals surface area contributed by atoms with Crippen molar-refractivity contribution < 1.29 is 13.9 Å². The Balaban J connectivity index is 2.00. The Bertz CT molecular complexity index is 695. The van der Waals surface area contributed by atoms with Crippen LogP contribution in [0.1, 0.15) is 15.9 Å². The molecule has 0 bridgehead atoms. The molecule has 1 heterocycles. The summed E-state index contributed by atoms with van der Waals surface area (Å²) in [5.74, 6) is -1.19. The van der Waals surface area contributed by atoms with E-state index in [1.54, 1.807) is 0 Å². The van der Waals surface area contributed by atoms with E-state index in [0.717, 1.165) is 6.07 Å². The van der Waals surface area contributed by atoms with Crippen molar-refractivity contribution in [3.63, 3.8) is 0 Å². The molecule has 1 aromatic carbocycles. The summed E-state index contributed by atoms with van der Waals surface area (Å²) in [4.78, 5) is 15.6. The number of carbonyl (C=O) groups excluding carboxylic acids is 1. The highest BCUT2D eigenvalue weighted by atomic mass is 19.1. The van der Waals surface area contributed by atoms with Gasteiger partial charge in [-0.2, -0.15) is 5.26 Å².